The average molecular weight is 222 g/mol. The topological polar surface area (TPSA) is 32.8 Å². The number of fused-ring (bicyclic) bond motifs is 3. The predicted molar refractivity (Wildman–Crippen MR) is 63.1 cm³/mol. The van der Waals surface area contributed by atoms with Gasteiger partial charge in [-0.25, -0.2) is 0 Å². The Bertz CT molecular complexity index is 314. The second kappa shape index (κ2) is 3.33. The van der Waals surface area contributed by atoms with E-state index in [0.29, 0.717) is 12.0 Å². The van der Waals surface area contributed by atoms with E-state index in [1.54, 1.807) is 0 Å². The SMILES string of the molecule is C=CC[C@]1(C)C[C@H]2O[C@H]2[C@]2(O)CCCC[C@@H]12. The lowest BCUT2D eigenvalue weighted by atomic mass is 9.55. The largest absolute Gasteiger partial charge is 0.387 e. The molecule has 3 aliphatic rings. The van der Waals surface area contributed by atoms with E-state index in [9.17, 15) is 5.11 Å². The molecule has 5 atom stereocenters. The highest BCUT2D eigenvalue weighted by molar-refractivity contribution is 5.16. The summed E-state index contributed by atoms with van der Waals surface area (Å²) in [4.78, 5) is 0. The maximum Gasteiger partial charge on any atom is 0.113 e. The molecule has 3 fully saturated rings. The number of rotatable bonds is 2. The van der Waals surface area contributed by atoms with Gasteiger partial charge in [0, 0.05) is 0 Å². The molecule has 1 heterocycles. The summed E-state index contributed by atoms with van der Waals surface area (Å²) in [5.41, 5.74) is -0.326. The first kappa shape index (κ1) is 10.8. The summed E-state index contributed by atoms with van der Waals surface area (Å²) in [5.74, 6) is 0.412. The minimum atomic E-state index is -0.529. The van der Waals surface area contributed by atoms with Gasteiger partial charge in [0.15, 0.2) is 0 Å². The molecule has 2 heteroatoms. The predicted octanol–water partition coefficient (Wildman–Crippen LogP) is 2.66. The summed E-state index contributed by atoms with van der Waals surface area (Å²) < 4.78 is 5.71. The highest BCUT2D eigenvalue weighted by atomic mass is 16.6. The molecule has 0 spiro atoms. The fourth-order valence-corrected chi connectivity index (χ4v) is 4.37. The third-order valence-electron chi connectivity index (χ3n) is 5.12. The highest BCUT2D eigenvalue weighted by Crippen LogP contribution is 2.60. The smallest absolute Gasteiger partial charge is 0.113 e. The summed E-state index contributed by atoms with van der Waals surface area (Å²) in [5, 5.41) is 10.9. The van der Waals surface area contributed by atoms with Crippen LogP contribution in [0.15, 0.2) is 12.7 Å². The Morgan fingerprint density at radius 1 is 1.50 bits per heavy atom. The van der Waals surface area contributed by atoms with Gasteiger partial charge in [-0.2, -0.15) is 0 Å². The van der Waals surface area contributed by atoms with Crippen molar-refractivity contribution in [2.24, 2.45) is 11.3 Å². The van der Waals surface area contributed by atoms with E-state index >= 15 is 0 Å². The molecule has 0 bridgehead atoms. The van der Waals surface area contributed by atoms with Gasteiger partial charge in [-0.05, 0) is 37.0 Å². The monoisotopic (exact) mass is 222 g/mol. The molecule has 16 heavy (non-hydrogen) atoms. The number of hydrogen-bond acceptors (Lipinski definition) is 2. The molecular weight excluding hydrogens is 200 g/mol. The number of ether oxygens (including phenoxy) is 1. The van der Waals surface area contributed by atoms with Crippen molar-refractivity contribution in [1.29, 1.82) is 0 Å². The minimum absolute atomic E-state index is 0.149. The molecule has 2 nitrogen and oxygen atoms in total. The van der Waals surface area contributed by atoms with Gasteiger partial charge in [-0.3, -0.25) is 0 Å². The van der Waals surface area contributed by atoms with Crippen molar-refractivity contribution in [3.05, 3.63) is 12.7 Å². The van der Waals surface area contributed by atoms with Crippen LogP contribution in [0.25, 0.3) is 0 Å². The Labute approximate surface area is 97.7 Å². The van der Waals surface area contributed by atoms with E-state index in [2.05, 4.69) is 13.5 Å². The molecule has 2 aliphatic carbocycles. The van der Waals surface area contributed by atoms with Crippen molar-refractivity contribution in [1.82, 2.24) is 0 Å². The van der Waals surface area contributed by atoms with Crippen LogP contribution >= 0.6 is 0 Å². The summed E-state index contributed by atoms with van der Waals surface area (Å²) in [6, 6.07) is 0. The van der Waals surface area contributed by atoms with Crippen LogP contribution in [-0.2, 0) is 4.74 Å². The first-order valence-electron chi connectivity index (χ1n) is 6.59. The molecule has 0 unspecified atom stereocenters. The fourth-order valence-electron chi connectivity index (χ4n) is 4.37. The molecule has 0 aromatic rings. The summed E-state index contributed by atoms with van der Waals surface area (Å²) >= 11 is 0. The van der Waals surface area contributed by atoms with Crippen molar-refractivity contribution >= 4 is 0 Å². The lowest BCUT2D eigenvalue weighted by Crippen LogP contribution is -2.56. The molecule has 2 saturated carbocycles. The fraction of sp³-hybridized carbons (Fsp3) is 0.857. The number of hydrogen-bond donors (Lipinski definition) is 1. The third kappa shape index (κ3) is 1.32. The molecule has 1 saturated heterocycles. The van der Waals surface area contributed by atoms with Crippen molar-refractivity contribution in [2.45, 2.75) is 63.3 Å². The first-order valence-corrected chi connectivity index (χ1v) is 6.59. The molecule has 0 amide bonds. The Morgan fingerprint density at radius 2 is 2.31 bits per heavy atom. The molecule has 0 aromatic heterocycles. The Morgan fingerprint density at radius 3 is 3.06 bits per heavy atom. The van der Waals surface area contributed by atoms with Crippen molar-refractivity contribution < 1.29 is 9.84 Å². The van der Waals surface area contributed by atoms with E-state index < -0.39 is 5.60 Å². The molecule has 0 radical (unpaired) electrons. The van der Waals surface area contributed by atoms with Gasteiger partial charge in [-0.15, -0.1) is 6.58 Å². The van der Waals surface area contributed by atoms with Crippen molar-refractivity contribution in [3.8, 4) is 0 Å². The number of aliphatic hydroxyl groups is 1. The lowest BCUT2D eigenvalue weighted by Gasteiger charge is -2.51. The number of allylic oxidation sites excluding steroid dienone is 1. The second-order valence-corrected chi connectivity index (χ2v) is 6.24. The molecule has 0 aromatic carbocycles. The van der Waals surface area contributed by atoms with Crippen LogP contribution in [0.2, 0.25) is 0 Å². The van der Waals surface area contributed by atoms with Gasteiger partial charge >= 0.3 is 0 Å². The van der Waals surface area contributed by atoms with Gasteiger partial charge in [0.2, 0.25) is 0 Å². The van der Waals surface area contributed by atoms with Gasteiger partial charge in [0.25, 0.3) is 0 Å². The van der Waals surface area contributed by atoms with E-state index in [0.717, 1.165) is 32.1 Å². The van der Waals surface area contributed by atoms with E-state index in [4.69, 9.17) is 4.74 Å². The van der Waals surface area contributed by atoms with Crippen LogP contribution in [0.5, 0.6) is 0 Å². The maximum absolute atomic E-state index is 10.9. The van der Waals surface area contributed by atoms with Crippen LogP contribution in [0.1, 0.15) is 45.4 Å². The van der Waals surface area contributed by atoms with E-state index in [-0.39, 0.29) is 11.5 Å². The third-order valence-corrected chi connectivity index (χ3v) is 5.12. The zero-order valence-corrected chi connectivity index (χ0v) is 10.1. The van der Waals surface area contributed by atoms with Crippen LogP contribution in [0, 0.1) is 11.3 Å². The highest BCUT2D eigenvalue weighted by Gasteiger charge is 2.66. The van der Waals surface area contributed by atoms with Crippen molar-refractivity contribution in [3.63, 3.8) is 0 Å². The maximum atomic E-state index is 10.9. The molecule has 1 N–H and O–H groups in total. The van der Waals surface area contributed by atoms with Gasteiger partial charge < -0.3 is 9.84 Å². The van der Waals surface area contributed by atoms with Crippen molar-refractivity contribution in [2.75, 3.05) is 0 Å². The number of epoxide rings is 1. The van der Waals surface area contributed by atoms with Crippen LogP contribution < -0.4 is 0 Å². The van der Waals surface area contributed by atoms with Gasteiger partial charge in [0.1, 0.15) is 6.10 Å². The second-order valence-electron chi connectivity index (χ2n) is 6.24. The molecule has 3 rings (SSSR count). The van der Waals surface area contributed by atoms with E-state index in [1.165, 1.54) is 6.42 Å². The average Bonchev–Trinajstić information content (AvgIpc) is 2.98. The lowest BCUT2D eigenvalue weighted by molar-refractivity contribution is -0.122. The van der Waals surface area contributed by atoms with Crippen LogP contribution in [0.4, 0.5) is 0 Å². The molecule has 90 valence electrons. The Hall–Kier alpha value is -0.340. The van der Waals surface area contributed by atoms with Gasteiger partial charge in [0.05, 0.1) is 11.7 Å². The van der Waals surface area contributed by atoms with E-state index in [1.807, 2.05) is 6.08 Å². The standard InChI is InChI=1S/C14H22O2/c1-3-7-13(2)9-10-12(16-10)14(15)8-5-4-6-11(13)14/h3,10-12,15H,1,4-9H2,2H3/t10-,11+,12-,13-,14+/m1/s1. The summed E-state index contributed by atoms with van der Waals surface area (Å²) in [6.07, 6.45) is 9.11. The Kier molecular flexibility index (Phi) is 2.25. The van der Waals surface area contributed by atoms with Crippen LogP contribution in [0.3, 0.4) is 0 Å². The van der Waals surface area contributed by atoms with Gasteiger partial charge in [-0.1, -0.05) is 25.8 Å². The first-order chi connectivity index (χ1) is 7.60. The minimum Gasteiger partial charge on any atom is -0.387 e. The summed E-state index contributed by atoms with van der Waals surface area (Å²) in [7, 11) is 0. The van der Waals surface area contributed by atoms with Crippen LogP contribution in [-0.4, -0.2) is 22.9 Å². The molecular formula is C14H22O2. The zero-order valence-electron chi connectivity index (χ0n) is 10.1. The summed E-state index contributed by atoms with van der Waals surface area (Å²) in [6.45, 7) is 6.19. The zero-order chi connectivity index (χ0) is 11.4. The molecule has 1 aliphatic heterocycles. The quantitative estimate of drug-likeness (QED) is 0.575. The Balaban J connectivity index is 1.93. The normalized spacial score (nSPS) is 55.0.